The van der Waals surface area contributed by atoms with Gasteiger partial charge >= 0.3 is 0 Å². The Labute approximate surface area is 200 Å². The van der Waals surface area contributed by atoms with E-state index >= 15 is 0 Å². The third kappa shape index (κ3) is 5.61. The molecule has 0 spiro atoms. The van der Waals surface area contributed by atoms with Crippen molar-refractivity contribution in [3.8, 4) is 28.7 Å². The van der Waals surface area contributed by atoms with Crippen LogP contribution in [-0.4, -0.2) is 33.8 Å². The standard InChI is InChI=1S/C27H32N2O5/c1-17-6-9-20(18(2)14-17)16-29-27(30)22-15-23(25(32-4)26(33-5)24(22)31-3)34-21-10-7-19(8-11-21)12-13-28/h6-11,14-15H,12-13,16,28H2,1-5H3,(H,29,30). The van der Waals surface area contributed by atoms with Crippen molar-refractivity contribution in [3.63, 3.8) is 0 Å². The highest BCUT2D eigenvalue weighted by molar-refractivity contribution is 5.99. The van der Waals surface area contributed by atoms with E-state index in [1.54, 1.807) is 6.07 Å². The first-order valence-electron chi connectivity index (χ1n) is 11.1. The Hall–Kier alpha value is -3.71. The number of rotatable bonds is 10. The molecule has 0 atom stereocenters. The summed E-state index contributed by atoms with van der Waals surface area (Å²) in [4.78, 5) is 13.2. The number of methoxy groups -OCH3 is 3. The van der Waals surface area contributed by atoms with Gasteiger partial charge in [0.05, 0.1) is 26.9 Å². The fraction of sp³-hybridized carbons (Fsp3) is 0.296. The minimum atomic E-state index is -0.319. The van der Waals surface area contributed by atoms with E-state index in [1.165, 1.54) is 26.9 Å². The van der Waals surface area contributed by atoms with Crippen LogP contribution in [0.1, 0.15) is 32.6 Å². The Morgan fingerprint density at radius 3 is 2.15 bits per heavy atom. The van der Waals surface area contributed by atoms with Crippen molar-refractivity contribution in [2.45, 2.75) is 26.8 Å². The van der Waals surface area contributed by atoms with Crippen molar-refractivity contribution < 1.29 is 23.7 Å². The number of benzene rings is 3. The summed E-state index contributed by atoms with van der Waals surface area (Å²) < 4.78 is 22.7. The van der Waals surface area contributed by atoms with Gasteiger partial charge in [-0.2, -0.15) is 0 Å². The molecule has 0 unspecified atom stereocenters. The second-order valence-electron chi connectivity index (χ2n) is 7.92. The van der Waals surface area contributed by atoms with Gasteiger partial charge in [0.15, 0.2) is 11.5 Å². The zero-order valence-electron chi connectivity index (χ0n) is 20.4. The quantitative estimate of drug-likeness (QED) is 0.457. The Balaban J connectivity index is 1.94. The van der Waals surface area contributed by atoms with E-state index in [0.717, 1.165) is 23.1 Å². The molecule has 0 radical (unpaired) electrons. The first-order valence-corrected chi connectivity index (χ1v) is 11.1. The third-order valence-electron chi connectivity index (χ3n) is 5.53. The van der Waals surface area contributed by atoms with Crippen LogP contribution in [0.5, 0.6) is 28.7 Å². The molecule has 3 aromatic rings. The van der Waals surface area contributed by atoms with Crippen molar-refractivity contribution in [2.75, 3.05) is 27.9 Å². The monoisotopic (exact) mass is 464 g/mol. The molecule has 0 aliphatic heterocycles. The Morgan fingerprint density at radius 1 is 0.882 bits per heavy atom. The van der Waals surface area contributed by atoms with Crippen LogP contribution in [0.15, 0.2) is 48.5 Å². The average molecular weight is 465 g/mol. The fourth-order valence-electron chi connectivity index (χ4n) is 3.76. The summed E-state index contributed by atoms with van der Waals surface area (Å²) in [5, 5.41) is 2.97. The molecule has 0 aromatic heterocycles. The number of nitrogens with one attached hydrogen (secondary N) is 1. The molecule has 0 saturated carbocycles. The maximum atomic E-state index is 13.2. The van der Waals surface area contributed by atoms with Gasteiger partial charge < -0.3 is 30.0 Å². The Bertz CT molecular complexity index is 1140. The van der Waals surface area contributed by atoms with Gasteiger partial charge in [-0.05, 0) is 55.6 Å². The number of carbonyl (C=O) groups is 1. The zero-order valence-corrected chi connectivity index (χ0v) is 20.4. The van der Waals surface area contributed by atoms with E-state index in [4.69, 9.17) is 24.7 Å². The maximum Gasteiger partial charge on any atom is 0.255 e. The van der Waals surface area contributed by atoms with Crippen LogP contribution in [0.4, 0.5) is 0 Å². The Morgan fingerprint density at radius 2 is 1.56 bits per heavy atom. The third-order valence-corrected chi connectivity index (χ3v) is 5.53. The summed E-state index contributed by atoms with van der Waals surface area (Å²) in [6.07, 6.45) is 0.782. The molecule has 3 aromatic carbocycles. The number of hydrogen-bond acceptors (Lipinski definition) is 6. The largest absolute Gasteiger partial charge is 0.492 e. The van der Waals surface area contributed by atoms with Gasteiger partial charge in [-0.3, -0.25) is 4.79 Å². The highest BCUT2D eigenvalue weighted by Gasteiger charge is 2.26. The number of hydrogen-bond donors (Lipinski definition) is 2. The smallest absolute Gasteiger partial charge is 0.255 e. The van der Waals surface area contributed by atoms with Crippen LogP contribution in [-0.2, 0) is 13.0 Å². The highest BCUT2D eigenvalue weighted by Crippen LogP contribution is 2.48. The molecule has 0 bridgehead atoms. The van der Waals surface area contributed by atoms with E-state index in [0.29, 0.717) is 30.3 Å². The second kappa shape index (κ2) is 11.4. The second-order valence-corrected chi connectivity index (χ2v) is 7.92. The summed E-state index contributed by atoms with van der Waals surface area (Å²) in [5.74, 6) is 1.48. The SMILES string of the molecule is COc1c(Oc2ccc(CCN)cc2)cc(C(=O)NCc2ccc(C)cc2C)c(OC)c1OC. The number of nitrogens with two attached hydrogens (primary N) is 1. The van der Waals surface area contributed by atoms with Crippen LogP contribution in [0, 0.1) is 13.8 Å². The van der Waals surface area contributed by atoms with Crippen LogP contribution >= 0.6 is 0 Å². The van der Waals surface area contributed by atoms with E-state index in [1.807, 2.05) is 50.2 Å². The lowest BCUT2D eigenvalue weighted by Crippen LogP contribution is -2.24. The van der Waals surface area contributed by atoms with E-state index in [-0.39, 0.29) is 23.0 Å². The highest BCUT2D eigenvalue weighted by atomic mass is 16.5. The average Bonchev–Trinajstić information content (AvgIpc) is 2.83. The zero-order chi connectivity index (χ0) is 24.7. The van der Waals surface area contributed by atoms with Crippen molar-refractivity contribution >= 4 is 5.91 Å². The van der Waals surface area contributed by atoms with E-state index in [2.05, 4.69) is 11.4 Å². The van der Waals surface area contributed by atoms with Crippen LogP contribution in [0.3, 0.4) is 0 Å². The molecule has 0 fully saturated rings. The molecular formula is C27H32N2O5. The first-order chi connectivity index (χ1) is 16.4. The molecule has 34 heavy (non-hydrogen) atoms. The van der Waals surface area contributed by atoms with Crippen molar-refractivity contribution in [3.05, 3.63) is 76.3 Å². The minimum Gasteiger partial charge on any atom is -0.492 e. The molecule has 7 heteroatoms. The topological polar surface area (TPSA) is 92.0 Å². The Kier molecular flexibility index (Phi) is 8.38. The normalized spacial score (nSPS) is 10.5. The predicted octanol–water partition coefficient (Wildman–Crippen LogP) is 4.55. The lowest BCUT2D eigenvalue weighted by atomic mass is 10.1. The minimum absolute atomic E-state index is 0.267. The molecule has 0 aliphatic carbocycles. The molecule has 180 valence electrons. The molecule has 3 N–H and O–H groups in total. The predicted molar refractivity (Wildman–Crippen MR) is 132 cm³/mol. The summed E-state index contributed by atoms with van der Waals surface area (Å²) in [7, 11) is 4.48. The summed E-state index contributed by atoms with van der Waals surface area (Å²) in [6, 6.07) is 15.3. The molecule has 0 saturated heterocycles. The van der Waals surface area contributed by atoms with Crippen molar-refractivity contribution in [2.24, 2.45) is 5.73 Å². The molecule has 0 heterocycles. The number of amides is 1. The first kappa shape index (κ1) is 24.9. The van der Waals surface area contributed by atoms with Gasteiger partial charge in [-0.25, -0.2) is 0 Å². The van der Waals surface area contributed by atoms with Gasteiger partial charge in [-0.1, -0.05) is 35.9 Å². The molecular weight excluding hydrogens is 432 g/mol. The van der Waals surface area contributed by atoms with Gasteiger partial charge in [0, 0.05) is 12.6 Å². The number of carbonyl (C=O) groups excluding carboxylic acids is 1. The van der Waals surface area contributed by atoms with Crippen molar-refractivity contribution in [1.29, 1.82) is 0 Å². The van der Waals surface area contributed by atoms with Gasteiger partial charge in [0.25, 0.3) is 5.91 Å². The molecule has 1 amide bonds. The van der Waals surface area contributed by atoms with Crippen LogP contribution < -0.4 is 30.0 Å². The van der Waals surface area contributed by atoms with Crippen LogP contribution in [0.25, 0.3) is 0 Å². The van der Waals surface area contributed by atoms with E-state index in [9.17, 15) is 4.79 Å². The maximum absolute atomic E-state index is 13.2. The fourth-order valence-corrected chi connectivity index (χ4v) is 3.76. The van der Waals surface area contributed by atoms with Gasteiger partial charge in [0.2, 0.25) is 11.5 Å². The van der Waals surface area contributed by atoms with Gasteiger partial charge in [0.1, 0.15) is 5.75 Å². The summed E-state index contributed by atoms with van der Waals surface area (Å²) in [5.41, 5.74) is 10.3. The summed E-state index contributed by atoms with van der Waals surface area (Å²) in [6.45, 7) is 5.01. The lowest BCUT2D eigenvalue weighted by molar-refractivity contribution is 0.0946. The molecule has 0 aliphatic rings. The molecule has 3 rings (SSSR count). The van der Waals surface area contributed by atoms with Gasteiger partial charge in [-0.15, -0.1) is 0 Å². The van der Waals surface area contributed by atoms with E-state index < -0.39 is 0 Å². The van der Waals surface area contributed by atoms with Crippen molar-refractivity contribution in [1.82, 2.24) is 5.32 Å². The lowest BCUT2D eigenvalue weighted by Gasteiger charge is -2.19. The number of ether oxygens (including phenoxy) is 4. The molecule has 7 nitrogen and oxygen atoms in total. The number of aryl methyl sites for hydroxylation is 2. The summed E-state index contributed by atoms with van der Waals surface area (Å²) >= 11 is 0. The van der Waals surface area contributed by atoms with Crippen LogP contribution in [0.2, 0.25) is 0 Å².